The zero-order valence-electron chi connectivity index (χ0n) is 44.1. The molecule has 0 saturated heterocycles. The van der Waals surface area contributed by atoms with Crippen molar-refractivity contribution >= 4 is 102 Å². The average Bonchev–Trinajstić information content (AvgIpc) is 4.33. The summed E-state index contributed by atoms with van der Waals surface area (Å²) in [6.45, 7) is 20.2. The van der Waals surface area contributed by atoms with Crippen LogP contribution >= 0.6 is 0 Å². The Kier molecular flexibility index (Phi) is 8.00. The second-order valence-electron chi connectivity index (χ2n) is 24.6. The van der Waals surface area contributed by atoms with Crippen LogP contribution in [-0.2, 0) is 10.8 Å². The lowest BCUT2D eigenvalue weighted by Gasteiger charge is -2.28. The number of para-hydroxylation sites is 2. The van der Waals surface area contributed by atoms with E-state index in [1.807, 2.05) is 0 Å². The van der Waals surface area contributed by atoms with Gasteiger partial charge in [0.25, 0.3) is 0 Å². The van der Waals surface area contributed by atoms with E-state index in [0.717, 1.165) is 22.3 Å². The minimum Gasteiger partial charge on any atom is -0.455 e. The number of benzene rings is 11. The number of furan rings is 2. The smallest absolute Gasteiger partial charge is 0.143 e. The number of fused-ring (bicyclic) bond motifs is 25. The molecular weight excluding hydrogens is 953 g/mol. The Hall–Kier alpha value is -8.03. The van der Waals surface area contributed by atoms with E-state index in [0.29, 0.717) is 0 Å². The van der Waals surface area contributed by atoms with Gasteiger partial charge in [-0.1, -0.05) is 212 Å². The van der Waals surface area contributed by atoms with Crippen molar-refractivity contribution in [2.75, 3.05) is 0 Å². The predicted molar refractivity (Wildman–Crippen MR) is 326 cm³/mol. The summed E-state index contributed by atoms with van der Waals surface area (Å²) in [5, 5.41) is 16.4. The fourth-order valence-electron chi connectivity index (χ4n) is 15.7. The Morgan fingerprint density at radius 1 is 0.329 bits per heavy atom. The first-order valence-corrected chi connectivity index (χ1v) is 33.2. The molecular formula is C72H54O2Si2. The van der Waals surface area contributed by atoms with Crippen LogP contribution in [-0.4, -0.2) is 16.1 Å². The average molecular weight is 1010 g/mol. The minimum absolute atomic E-state index is 0.158. The van der Waals surface area contributed by atoms with Crippen molar-refractivity contribution in [3.05, 3.63) is 204 Å². The molecule has 4 aliphatic rings. The molecule has 0 radical (unpaired) electrons. The number of hydrogen-bond acceptors (Lipinski definition) is 2. The molecule has 0 saturated carbocycles. The van der Waals surface area contributed by atoms with Gasteiger partial charge in [0.15, 0.2) is 0 Å². The highest BCUT2D eigenvalue weighted by atomic mass is 28.3. The third kappa shape index (κ3) is 5.13. The standard InChI is InChI=1S/C72H54O2Si2/c1-71(2)53-33-27-39-17-9-11-19-43(39)61(53)45-29-25-41(35-55(45)71)51-37-59-63(65-47-21-13-15-23-57(47)73-67(51)65)49-31-32-50-64-60(76(7,8)70(50)69(49)75(59,5)6)38-52(68-66(64)48-22-14-16-24-58(48)74-68)42-26-30-46-56(36-42)72(3,4)54-34-28-40-18-10-12-20-44(40)62(46)54/h9-38H,1-8H3. The van der Waals surface area contributed by atoms with Crippen molar-refractivity contribution in [3.63, 3.8) is 0 Å². The molecule has 0 spiro atoms. The second-order valence-corrected chi connectivity index (χ2v) is 33.2. The molecule has 11 aromatic carbocycles. The van der Waals surface area contributed by atoms with Gasteiger partial charge in [-0.05, 0) is 144 Å². The molecule has 17 rings (SSSR count). The molecule has 76 heavy (non-hydrogen) atoms. The van der Waals surface area contributed by atoms with Crippen molar-refractivity contribution in [1.82, 2.24) is 0 Å². The summed E-state index contributed by atoms with van der Waals surface area (Å²) in [4.78, 5) is 0. The Morgan fingerprint density at radius 3 is 1.14 bits per heavy atom. The summed E-state index contributed by atoms with van der Waals surface area (Å²) in [5.41, 5.74) is 24.9. The fraction of sp³-hybridized carbons (Fsp3) is 0.139. The Labute approximate surface area is 444 Å². The number of hydrogen-bond donors (Lipinski definition) is 0. The van der Waals surface area contributed by atoms with Crippen molar-refractivity contribution in [3.8, 4) is 66.8 Å². The van der Waals surface area contributed by atoms with Crippen LogP contribution in [0.1, 0.15) is 49.9 Å². The first-order chi connectivity index (χ1) is 36.7. The van der Waals surface area contributed by atoms with E-state index in [1.54, 1.807) is 10.4 Å². The number of rotatable bonds is 2. The second kappa shape index (κ2) is 14.1. The molecule has 0 N–H and O–H groups in total. The first-order valence-electron chi connectivity index (χ1n) is 27.2. The largest absolute Gasteiger partial charge is 0.455 e. The Bertz CT molecular complexity index is 4570. The van der Waals surface area contributed by atoms with Crippen LogP contribution in [0.25, 0.3) is 132 Å². The third-order valence-electron chi connectivity index (χ3n) is 19.4. The van der Waals surface area contributed by atoms with Gasteiger partial charge in [0.05, 0.1) is 0 Å². The molecule has 4 heteroatoms. The highest BCUT2D eigenvalue weighted by Gasteiger charge is 2.50. The van der Waals surface area contributed by atoms with Crippen LogP contribution in [0.15, 0.2) is 191 Å². The van der Waals surface area contributed by atoms with Gasteiger partial charge >= 0.3 is 0 Å². The Morgan fingerprint density at radius 2 is 0.711 bits per heavy atom. The summed E-state index contributed by atoms with van der Waals surface area (Å²) >= 11 is 0. The fourth-order valence-corrected chi connectivity index (χ4v) is 24.2. The normalized spacial score (nSPS) is 16.3. The van der Waals surface area contributed by atoms with Crippen LogP contribution in [0.3, 0.4) is 0 Å². The predicted octanol–water partition coefficient (Wildman–Crippen LogP) is 17.3. The molecule has 0 bridgehead atoms. The molecule has 0 fully saturated rings. The van der Waals surface area contributed by atoms with Gasteiger partial charge < -0.3 is 8.83 Å². The zero-order valence-corrected chi connectivity index (χ0v) is 46.1. The lowest BCUT2D eigenvalue weighted by Crippen LogP contribution is -2.63. The van der Waals surface area contributed by atoms with Crippen LogP contribution in [0.2, 0.25) is 26.2 Å². The summed E-state index contributed by atoms with van der Waals surface area (Å²) in [7, 11) is -4.86. The van der Waals surface area contributed by atoms with E-state index in [4.69, 9.17) is 8.83 Å². The lowest BCUT2D eigenvalue weighted by molar-refractivity contribution is 0.660. The van der Waals surface area contributed by atoms with Gasteiger partial charge in [-0.15, -0.1) is 0 Å². The van der Waals surface area contributed by atoms with E-state index in [9.17, 15) is 0 Å². The maximum absolute atomic E-state index is 7.15. The molecule has 362 valence electrons. The highest BCUT2D eigenvalue weighted by Crippen LogP contribution is 2.56. The van der Waals surface area contributed by atoms with Crippen molar-refractivity contribution in [1.29, 1.82) is 0 Å². The van der Waals surface area contributed by atoms with E-state index < -0.39 is 16.1 Å². The topological polar surface area (TPSA) is 26.3 Å². The molecule has 2 aliphatic heterocycles. The lowest BCUT2D eigenvalue weighted by atomic mass is 9.81. The summed E-state index contributed by atoms with van der Waals surface area (Å²) in [6.07, 6.45) is 0. The monoisotopic (exact) mass is 1010 g/mol. The summed E-state index contributed by atoms with van der Waals surface area (Å²) in [5.74, 6) is 0. The molecule has 0 atom stereocenters. The summed E-state index contributed by atoms with van der Waals surface area (Å²) in [6, 6.07) is 69.3. The first kappa shape index (κ1) is 43.2. The van der Waals surface area contributed by atoms with E-state index >= 15 is 0 Å². The minimum atomic E-state index is -2.43. The molecule has 0 amide bonds. The highest BCUT2D eigenvalue weighted by molar-refractivity contribution is 7.13. The van der Waals surface area contributed by atoms with Crippen molar-refractivity contribution in [2.24, 2.45) is 0 Å². The maximum Gasteiger partial charge on any atom is 0.143 e. The Balaban J connectivity index is 0.879. The van der Waals surface area contributed by atoms with Gasteiger partial charge in [-0.25, -0.2) is 0 Å². The van der Waals surface area contributed by atoms with Gasteiger partial charge in [0, 0.05) is 43.5 Å². The van der Waals surface area contributed by atoms with E-state index in [1.165, 1.54) is 142 Å². The van der Waals surface area contributed by atoms with Crippen LogP contribution in [0.5, 0.6) is 0 Å². The van der Waals surface area contributed by atoms with Gasteiger partial charge in [-0.3, -0.25) is 0 Å². The SMILES string of the molecule is CC1(C)c2cc(-c3cc4c(c5c3oc3ccccc35)-c3ccc5c(c3[Si]4(C)C)[Si](C)(C)c3cc(-c4ccc6c(c4)C(C)(C)c4ccc7ccccc7c4-6)c4oc6ccccc6c4c3-5)ccc2-c2c1ccc1ccccc21. The van der Waals surface area contributed by atoms with Gasteiger partial charge in [0.1, 0.15) is 38.5 Å². The zero-order chi connectivity index (χ0) is 51.1. The van der Waals surface area contributed by atoms with Crippen molar-refractivity contribution in [2.45, 2.75) is 64.7 Å². The molecule has 2 aromatic heterocycles. The maximum atomic E-state index is 7.15. The van der Waals surface area contributed by atoms with E-state index in [-0.39, 0.29) is 10.8 Å². The van der Waals surface area contributed by atoms with Crippen LogP contribution in [0, 0.1) is 0 Å². The summed E-state index contributed by atoms with van der Waals surface area (Å²) < 4.78 is 14.3. The third-order valence-corrected chi connectivity index (χ3v) is 26.7. The molecule has 2 aliphatic carbocycles. The van der Waals surface area contributed by atoms with Gasteiger partial charge in [0.2, 0.25) is 0 Å². The van der Waals surface area contributed by atoms with Crippen LogP contribution in [0.4, 0.5) is 0 Å². The van der Waals surface area contributed by atoms with Crippen LogP contribution < -0.4 is 20.7 Å². The molecule has 0 unspecified atom stereocenters. The molecule has 13 aromatic rings. The van der Waals surface area contributed by atoms with Crippen molar-refractivity contribution < 1.29 is 8.83 Å². The molecule has 2 nitrogen and oxygen atoms in total. The quantitative estimate of drug-likeness (QED) is 0.161. The van der Waals surface area contributed by atoms with Gasteiger partial charge in [-0.2, -0.15) is 0 Å². The van der Waals surface area contributed by atoms with E-state index in [2.05, 4.69) is 236 Å². The molecule has 4 heterocycles.